The molecule has 0 saturated carbocycles. The van der Waals surface area contributed by atoms with Crippen LogP contribution in [0.1, 0.15) is 4.79 Å². The number of fused-ring (bicyclic) bond motifs is 1. The monoisotopic (exact) mass is 315 g/mol. The van der Waals surface area contributed by atoms with Gasteiger partial charge in [0.1, 0.15) is 0 Å². The fourth-order valence-electron chi connectivity index (χ4n) is 2.35. The molecule has 0 aliphatic rings. The number of hydrogen-bond donors (Lipinski definition) is 0. The van der Waals surface area contributed by atoms with Crippen molar-refractivity contribution in [1.82, 2.24) is 4.57 Å². The van der Waals surface area contributed by atoms with Gasteiger partial charge in [-0.15, -0.1) is 0 Å². The number of carbonyl (C=O) groups excluding carboxylic acids is 1. The van der Waals surface area contributed by atoms with Crippen LogP contribution < -0.4 is 0 Å². The van der Waals surface area contributed by atoms with Gasteiger partial charge >= 0.3 is 0 Å². The average molecular weight is 316 g/mol. The molecule has 0 bridgehead atoms. The normalized spacial score (nSPS) is 10.8. The number of aromatic nitrogens is 1. The Morgan fingerprint density at radius 2 is 1.67 bits per heavy atom. The summed E-state index contributed by atoms with van der Waals surface area (Å²) in [4.78, 5) is 12.2. The van der Waals surface area contributed by atoms with Crippen molar-refractivity contribution in [1.29, 1.82) is 0 Å². The van der Waals surface area contributed by atoms with Crippen molar-refractivity contribution in [2.45, 2.75) is 0 Å². The van der Waals surface area contributed by atoms with Crippen LogP contribution in [-0.2, 0) is 0 Å². The van der Waals surface area contributed by atoms with E-state index in [1.165, 1.54) is 6.08 Å². The van der Waals surface area contributed by atoms with Gasteiger partial charge in [0, 0.05) is 15.4 Å². The Morgan fingerprint density at radius 3 is 2.33 bits per heavy atom. The summed E-state index contributed by atoms with van der Waals surface area (Å²) in [7, 11) is 0. The van der Waals surface area contributed by atoms with E-state index in [2.05, 4.69) is 6.58 Å². The number of halogens is 2. The van der Waals surface area contributed by atoms with Gasteiger partial charge in [-0.25, -0.2) is 0 Å². The Balaban J connectivity index is 2.32. The summed E-state index contributed by atoms with van der Waals surface area (Å²) >= 11 is 11.9. The summed E-state index contributed by atoms with van der Waals surface area (Å²) in [6, 6.07) is 14.7. The molecule has 0 saturated heterocycles. The average Bonchev–Trinajstić information content (AvgIpc) is 2.85. The van der Waals surface area contributed by atoms with Crippen LogP contribution in [0, 0.1) is 0 Å². The number of allylic oxidation sites excluding steroid dienone is 1. The molecule has 0 aliphatic carbocycles. The summed E-state index contributed by atoms with van der Waals surface area (Å²) < 4.78 is 1.63. The first-order valence-electron chi connectivity index (χ1n) is 6.34. The third-order valence-electron chi connectivity index (χ3n) is 3.30. The van der Waals surface area contributed by atoms with E-state index in [-0.39, 0.29) is 5.91 Å². The van der Waals surface area contributed by atoms with Gasteiger partial charge in [-0.1, -0.05) is 41.9 Å². The van der Waals surface area contributed by atoms with Gasteiger partial charge in [0.25, 0.3) is 5.91 Å². The minimum absolute atomic E-state index is 0.183. The van der Waals surface area contributed by atoms with Crippen LogP contribution in [0.4, 0.5) is 0 Å². The second kappa shape index (κ2) is 5.40. The maximum absolute atomic E-state index is 12.2. The van der Waals surface area contributed by atoms with Crippen LogP contribution >= 0.6 is 23.2 Å². The zero-order valence-electron chi connectivity index (χ0n) is 11.0. The van der Waals surface area contributed by atoms with Gasteiger partial charge in [-0.3, -0.25) is 9.36 Å². The van der Waals surface area contributed by atoms with E-state index in [0.29, 0.717) is 10.0 Å². The maximum atomic E-state index is 12.2. The Morgan fingerprint density at radius 1 is 1.00 bits per heavy atom. The van der Waals surface area contributed by atoms with Crippen LogP contribution in [0.5, 0.6) is 0 Å². The third-order valence-corrected chi connectivity index (χ3v) is 3.79. The number of rotatable bonds is 2. The molecule has 104 valence electrons. The Labute approximate surface area is 132 Å². The summed E-state index contributed by atoms with van der Waals surface area (Å²) in [6.07, 6.45) is 1.30. The molecule has 0 N–H and O–H groups in total. The molecule has 4 heteroatoms. The highest BCUT2D eigenvalue weighted by Gasteiger charge is 2.14. The van der Waals surface area contributed by atoms with Gasteiger partial charge in [0.15, 0.2) is 0 Å². The standard InChI is InChI=1S/C17H11Cl2NO/c1-2-17(21)20-15-8-7-14(19)9-12(15)10-16(20)11-3-5-13(18)6-4-11/h2-10H,1H2. The SMILES string of the molecule is C=CC(=O)n1c(-c2ccc(Cl)cc2)cc2cc(Cl)ccc21. The van der Waals surface area contributed by atoms with Crippen molar-refractivity contribution < 1.29 is 4.79 Å². The quantitative estimate of drug-likeness (QED) is 0.577. The lowest BCUT2D eigenvalue weighted by Gasteiger charge is -2.07. The van der Waals surface area contributed by atoms with E-state index in [1.54, 1.807) is 22.8 Å². The predicted molar refractivity (Wildman–Crippen MR) is 88.2 cm³/mol. The van der Waals surface area contributed by atoms with Crippen molar-refractivity contribution in [3.8, 4) is 11.3 Å². The lowest BCUT2D eigenvalue weighted by molar-refractivity contribution is 0.0976. The Kier molecular flexibility index (Phi) is 3.58. The molecule has 2 nitrogen and oxygen atoms in total. The maximum Gasteiger partial charge on any atom is 0.254 e. The highest BCUT2D eigenvalue weighted by molar-refractivity contribution is 6.31. The van der Waals surface area contributed by atoms with Crippen LogP contribution in [-0.4, -0.2) is 10.5 Å². The van der Waals surface area contributed by atoms with E-state index >= 15 is 0 Å². The molecule has 0 atom stereocenters. The van der Waals surface area contributed by atoms with Crippen LogP contribution in [0.2, 0.25) is 10.0 Å². The molecule has 0 radical (unpaired) electrons. The molecule has 0 fully saturated rings. The summed E-state index contributed by atoms with van der Waals surface area (Å²) in [5.41, 5.74) is 2.49. The first kappa shape index (κ1) is 13.9. The minimum Gasteiger partial charge on any atom is -0.276 e. The zero-order chi connectivity index (χ0) is 15.0. The number of benzene rings is 2. The summed E-state index contributed by atoms with van der Waals surface area (Å²) in [6.45, 7) is 3.57. The predicted octanol–water partition coefficient (Wildman–Crippen LogP) is 5.44. The van der Waals surface area contributed by atoms with E-state index in [1.807, 2.05) is 30.3 Å². The van der Waals surface area contributed by atoms with E-state index in [4.69, 9.17) is 23.2 Å². The van der Waals surface area contributed by atoms with Gasteiger partial charge in [0.05, 0.1) is 11.2 Å². The Bertz CT molecular complexity index is 847. The molecule has 0 amide bonds. The Hall–Kier alpha value is -2.03. The second-order valence-electron chi connectivity index (χ2n) is 4.62. The fraction of sp³-hybridized carbons (Fsp3) is 0. The molecule has 1 heterocycles. The van der Waals surface area contributed by atoms with Gasteiger partial charge in [-0.05, 0) is 48.0 Å². The molecule has 2 aromatic carbocycles. The van der Waals surface area contributed by atoms with Crippen LogP contribution in [0.3, 0.4) is 0 Å². The number of nitrogens with zero attached hydrogens (tertiary/aromatic N) is 1. The van der Waals surface area contributed by atoms with Gasteiger partial charge < -0.3 is 0 Å². The fourth-order valence-corrected chi connectivity index (χ4v) is 2.65. The molecule has 3 aromatic rings. The van der Waals surface area contributed by atoms with Crippen LogP contribution in [0.15, 0.2) is 61.2 Å². The largest absolute Gasteiger partial charge is 0.276 e. The van der Waals surface area contributed by atoms with Crippen molar-refractivity contribution in [2.24, 2.45) is 0 Å². The highest BCUT2D eigenvalue weighted by Crippen LogP contribution is 2.30. The lowest BCUT2D eigenvalue weighted by Crippen LogP contribution is -2.08. The van der Waals surface area contributed by atoms with E-state index in [0.717, 1.165) is 22.2 Å². The molecule has 0 aliphatic heterocycles. The third kappa shape index (κ3) is 2.48. The van der Waals surface area contributed by atoms with Crippen molar-refractivity contribution >= 4 is 40.0 Å². The molecule has 3 rings (SSSR count). The lowest BCUT2D eigenvalue weighted by atomic mass is 10.1. The van der Waals surface area contributed by atoms with E-state index < -0.39 is 0 Å². The molecular weight excluding hydrogens is 305 g/mol. The molecular formula is C17H11Cl2NO. The minimum atomic E-state index is -0.183. The first-order valence-corrected chi connectivity index (χ1v) is 7.09. The number of hydrogen-bond acceptors (Lipinski definition) is 1. The van der Waals surface area contributed by atoms with Gasteiger partial charge in [-0.2, -0.15) is 0 Å². The van der Waals surface area contributed by atoms with Crippen LogP contribution in [0.25, 0.3) is 22.2 Å². The first-order chi connectivity index (χ1) is 10.1. The smallest absolute Gasteiger partial charge is 0.254 e. The summed E-state index contributed by atoms with van der Waals surface area (Å²) in [5, 5.41) is 2.19. The van der Waals surface area contributed by atoms with Gasteiger partial charge in [0.2, 0.25) is 0 Å². The molecule has 21 heavy (non-hydrogen) atoms. The highest BCUT2D eigenvalue weighted by atomic mass is 35.5. The molecule has 0 unspecified atom stereocenters. The van der Waals surface area contributed by atoms with Crippen molar-refractivity contribution in [3.63, 3.8) is 0 Å². The molecule has 0 spiro atoms. The number of carbonyl (C=O) groups is 1. The van der Waals surface area contributed by atoms with Crippen molar-refractivity contribution in [3.05, 3.63) is 71.2 Å². The van der Waals surface area contributed by atoms with E-state index in [9.17, 15) is 4.79 Å². The summed E-state index contributed by atoms with van der Waals surface area (Å²) in [5.74, 6) is -0.183. The molecule has 1 aromatic heterocycles. The van der Waals surface area contributed by atoms with Crippen molar-refractivity contribution in [2.75, 3.05) is 0 Å². The second-order valence-corrected chi connectivity index (χ2v) is 5.49. The topological polar surface area (TPSA) is 22.0 Å². The zero-order valence-corrected chi connectivity index (χ0v) is 12.5.